The number of ether oxygens (including phenoxy) is 1. The lowest BCUT2D eigenvalue weighted by Crippen LogP contribution is -2.30. The lowest BCUT2D eigenvalue weighted by Gasteiger charge is -2.28. The first-order chi connectivity index (χ1) is 9.77. The van der Waals surface area contributed by atoms with E-state index < -0.39 is 29.1 Å². The second kappa shape index (κ2) is 5.42. The van der Waals surface area contributed by atoms with E-state index in [0.29, 0.717) is 12.8 Å². The Labute approximate surface area is 120 Å². The molecule has 1 aliphatic carbocycles. The Morgan fingerprint density at radius 1 is 1.33 bits per heavy atom. The van der Waals surface area contributed by atoms with Gasteiger partial charge >= 0.3 is 12.1 Å². The molecule has 1 fully saturated rings. The SMILES string of the molecule is C=CC1(Oc2cc(C(=O)O)ccc2C(F)(F)F)CCCC1. The van der Waals surface area contributed by atoms with Crippen molar-refractivity contribution in [3.63, 3.8) is 0 Å². The van der Waals surface area contributed by atoms with Crippen molar-refractivity contribution in [3.8, 4) is 5.75 Å². The number of carboxylic acid groups (broad SMARTS) is 1. The van der Waals surface area contributed by atoms with Gasteiger partial charge in [0.2, 0.25) is 0 Å². The molecule has 0 aliphatic heterocycles. The topological polar surface area (TPSA) is 46.5 Å². The van der Waals surface area contributed by atoms with Crippen LogP contribution in [0.25, 0.3) is 0 Å². The number of halogens is 3. The molecule has 0 bridgehead atoms. The normalized spacial score (nSPS) is 17.5. The Kier molecular flexibility index (Phi) is 3.98. The molecule has 21 heavy (non-hydrogen) atoms. The maximum absolute atomic E-state index is 13.0. The number of hydrogen-bond acceptors (Lipinski definition) is 2. The number of benzene rings is 1. The minimum absolute atomic E-state index is 0.241. The largest absolute Gasteiger partial charge is 0.483 e. The first kappa shape index (κ1) is 15.4. The van der Waals surface area contributed by atoms with E-state index in [9.17, 15) is 18.0 Å². The summed E-state index contributed by atoms with van der Waals surface area (Å²) in [5.74, 6) is -1.75. The summed E-state index contributed by atoms with van der Waals surface area (Å²) >= 11 is 0. The predicted octanol–water partition coefficient (Wildman–Crippen LogP) is 4.28. The Hall–Kier alpha value is -1.98. The van der Waals surface area contributed by atoms with Crippen molar-refractivity contribution in [2.75, 3.05) is 0 Å². The number of hydrogen-bond donors (Lipinski definition) is 1. The smallest absolute Gasteiger partial charge is 0.419 e. The third-order valence-corrected chi connectivity index (χ3v) is 3.67. The highest BCUT2D eigenvalue weighted by atomic mass is 19.4. The lowest BCUT2D eigenvalue weighted by molar-refractivity contribution is -0.139. The van der Waals surface area contributed by atoms with Crippen molar-refractivity contribution in [1.82, 2.24) is 0 Å². The zero-order valence-electron chi connectivity index (χ0n) is 11.2. The van der Waals surface area contributed by atoms with Crippen LogP contribution in [0.4, 0.5) is 13.2 Å². The van der Waals surface area contributed by atoms with Gasteiger partial charge in [-0.05, 0) is 50.0 Å². The molecule has 1 saturated carbocycles. The molecule has 1 aromatic carbocycles. The van der Waals surface area contributed by atoms with E-state index in [-0.39, 0.29) is 5.56 Å². The van der Waals surface area contributed by atoms with Crippen LogP contribution in [0.3, 0.4) is 0 Å². The first-order valence-electron chi connectivity index (χ1n) is 6.54. The van der Waals surface area contributed by atoms with E-state index in [4.69, 9.17) is 9.84 Å². The quantitative estimate of drug-likeness (QED) is 0.844. The highest BCUT2D eigenvalue weighted by molar-refractivity contribution is 5.88. The average molecular weight is 300 g/mol. The van der Waals surface area contributed by atoms with Gasteiger partial charge < -0.3 is 9.84 Å². The summed E-state index contributed by atoms with van der Waals surface area (Å²) in [5, 5.41) is 8.93. The molecule has 6 heteroatoms. The molecule has 1 N–H and O–H groups in total. The third-order valence-electron chi connectivity index (χ3n) is 3.67. The van der Waals surface area contributed by atoms with Gasteiger partial charge in [0.25, 0.3) is 0 Å². The van der Waals surface area contributed by atoms with Crippen LogP contribution in [0, 0.1) is 0 Å². The Morgan fingerprint density at radius 2 is 1.95 bits per heavy atom. The molecule has 0 atom stereocenters. The molecule has 1 aliphatic rings. The molecule has 0 heterocycles. The van der Waals surface area contributed by atoms with Crippen molar-refractivity contribution < 1.29 is 27.8 Å². The summed E-state index contributed by atoms with van der Waals surface area (Å²) in [6.07, 6.45) is -0.269. The number of alkyl halides is 3. The zero-order chi connectivity index (χ0) is 15.7. The van der Waals surface area contributed by atoms with Gasteiger partial charge in [0, 0.05) is 0 Å². The number of carboxylic acids is 1. The molecule has 3 nitrogen and oxygen atoms in total. The van der Waals surface area contributed by atoms with Gasteiger partial charge in [-0.1, -0.05) is 6.58 Å². The second-order valence-corrected chi connectivity index (χ2v) is 5.09. The summed E-state index contributed by atoms with van der Waals surface area (Å²) in [7, 11) is 0. The van der Waals surface area contributed by atoms with Crippen molar-refractivity contribution in [2.24, 2.45) is 0 Å². The van der Waals surface area contributed by atoms with Gasteiger partial charge in [0.15, 0.2) is 0 Å². The molecule has 1 aromatic rings. The number of rotatable bonds is 4. The predicted molar refractivity (Wildman–Crippen MR) is 70.4 cm³/mol. The Bertz CT molecular complexity index is 558. The maximum atomic E-state index is 13.0. The third kappa shape index (κ3) is 3.20. The fourth-order valence-electron chi connectivity index (χ4n) is 2.51. The fourth-order valence-corrected chi connectivity index (χ4v) is 2.51. The van der Waals surface area contributed by atoms with E-state index in [2.05, 4.69) is 6.58 Å². The molecule has 0 unspecified atom stereocenters. The first-order valence-corrected chi connectivity index (χ1v) is 6.54. The molecule has 2 rings (SSSR count). The molecule has 0 aromatic heterocycles. The highest BCUT2D eigenvalue weighted by Crippen LogP contribution is 2.41. The van der Waals surface area contributed by atoms with E-state index in [0.717, 1.165) is 31.0 Å². The van der Waals surface area contributed by atoms with Crippen LogP contribution in [0.5, 0.6) is 5.75 Å². The van der Waals surface area contributed by atoms with E-state index in [1.54, 1.807) is 0 Å². The van der Waals surface area contributed by atoms with Gasteiger partial charge in [-0.25, -0.2) is 4.79 Å². The van der Waals surface area contributed by atoms with E-state index in [1.807, 2.05) is 0 Å². The molecule has 0 spiro atoms. The van der Waals surface area contributed by atoms with Gasteiger partial charge in [-0.2, -0.15) is 13.2 Å². The average Bonchev–Trinajstić information content (AvgIpc) is 2.86. The highest BCUT2D eigenvalue weighted by Gasteiger charge is 2.39. The molecule has 114 valence electrons. The second-order valence-electron chi connectivity index (χ2n) is 5.09. The van der Waals surface area contributed by atoms with Crippen molar-refractivity contribution >= 4 is 5.97 Å². The van der Waals surface area contributed by atoms with Crippen LogP contribution in [-0.2, 0) is 6.18 Å². The fraction of sp³-hybridized carbons (Fsp3) is 0.400. The Morgan fingerprint density at radius 3 is 2.43 bits per heavy atom. The van der Waals surface area contributed by atoms with Gasteiger partial charge in [0.1, 0.15) is 11.4 Å². The van der Waals surface area contributed by atoms with Crippen LogP contribution < -0.4 is 4.74 Å². The minimum atomic E-state index is -4.60. The maximum Gasteiger partial charge on any atom is 0.419 e. The van der Waals surface area contributed by atoms with Crippen LogP contribution >= 0.6 is 0 Å². The minimum Gasteiger partial charge on any atom is -0.483 e. The zero-order valence-corrected chi connectivity index (χ0v) is 11.2. The van der Waals surface area contributed by atoms with Crippen molar-refractivity contribution in [3.05, 3.63) is 42.0 Å². The summed E-state index contributed by atoms with van der Waals surface area (Å²) in [6, 6.07) is 2.59. The van der Waals surface area contributed by atoms with Gasteiger partial charge in [-0.3, -0.25) is 0 Å². The molecule has 0 saturated heterocycles. The van der Waals surface area contributed by atoms with Gasteiger partial charge in [-0.15, -0.1) is 0 Å². The lowest BCUT2D eigenvalue weighted by atomic mass is 10.0. The summed E-state index contributed by atoms with van der Waals surface area (Å²) in [6.45, 7) is 3.64. The van der Waals surface area contributed by atoms with Crippen LogP contribution in [0.2, 0.25) is 0 Å². The molecule has 0 amide bonds. The molecular formula is C15H15F3O3. The van der Waals surface area contributed by atoms with Crippen LogP contribution in [0.15, 0.2) is 30.9 Å². The van der Waals surface area contributed by atoms with Crippen LogP contribution in [0.1, 0.15) is 41.6 Å². The van der Waals surface area contributed by atoms with E-state index >= 15 is 0 Å². The number of aromatic carboxylic acids is 1. The summed E-state index contributed by atoms with van der Waals surface area (Å²) in [5.41, 5.74) is -2.06. The van der Waals surface area contributed by atoms with Gasteiger partial charge in [0.05, 0.1) is 11.1 Å². The Balaban J connectivity index is 2.45. The molecular weight excluding hydrogens is 285 g/mol. The van der Waals surface area contributed by atoms with E-state index in [1.165, 1.54) is 6.08 Å². The van der Waals surface area contributed by atoms with Crippen molar-refractivity contribution in [1.29, 1.82) is 0 Å². The van der Waals surface area contributed by atoms with Crippen LogP contribution in [-0.4, -0.2) is 16.7 Å². The summed E-state index contributed by atoms with van der Waals surface area (Å²) < 4.78 is 44.7. The summed E-state index contributed by atoms with van der Waals surface area (Å²) in [4.78, 5) is 10.9. The monoisotopic (exact) mass is 300 g/mol. The van der Waals surface area contributed by atoms with Crippen molar-refractivity contribution in [2.45, 2.75) is 37.5 Å². The standard InChI is InChI=1S/C15H15F3O3/c1-2-14(7-3-4-8-14)21-12-9-10(13(19)20)5-6-11(12)15(16,17)18/h2,5-6,9H,1,3-4,7-8H2,(H,19,20). The number of carbonyl (C=O) groups is 1. The molecule has 0 radical (unpaired) electrons.